The van der Waals surface area contributed by atoms with Crippen LogP contribution in [0.15, 0.2) is 24.3 Å². The summed E-state index contributed by atoms with van der Waals surface area (Å²) in [6.07, 6.45) is 7.09. The van der Waals surface area contributed by atoms with Gasteiger partial charge in [-0.15, -0.1) is 0 Å². The van der Waals surface area contributed by atoms with Crippen LogP contribution >= 0.6 is 11.6 Å². The van der Waals surface area contributed by atoms with E-state index in [2.05, 4.69) is 5.32 Å². The molecule has 1 saturated carbocycles. The Morgan fingerprint density at radius 1 is 1.14 bits per heavy atom. The maximum absolute atomic E-state index is 12.5. The minimum Gasteiger partial charge on any atom is -0.478 e. The molecule has 1 amide bonds. The Bertz CT molecular complexity index is 462. The monoisotopic (exact) mass is 309 g/mol. The summed E-state index contributed by atoms with van der Waals surface area (Å²) in [7, 11) is 0. The van der Waals surface area contributed by atoms with Crippen LogP contribution in [0, 0.1) is 0 Å². The molecule has 3 nitrogen and oxygen atoms in total. The zero-order valence-corrected chi connectivity index (χ0v) is 13.6. The lowest BCUT2D eigenvalue weighted by Gasteiger charge is -2.28. The van der Waals surface area contributed by atoms with E-state index in [1.807, 2.05) is 0 Å². The van der Waals surface area contributed by atoms with E-state index in [0.29, 0.717) is 10.8 Å². The molecule has 0 saturated heterocycles. The Hall–Kier alpha value is -1.22. The molecule has 1 fully saturated rings. The minimum absolute atomic E-state index is 0.0515. The van der Waals surface area contributed by atoms with Gasteiger partial charge >= 0.3 is 0 Å². The Labute approximate surface area is 132 Å². The van der Waals surface area contributed by atoms with Crippen LogP contribution in [0.1, 0.15) is 52.4 Å². The minimum atomic E-state index is -0.889. The number of halogens is 1. The molecule has 1 aliphatic rings. The number of hydrogen-bond donors (Lipinski definition) is 1. The van der Waals surface area contributed by atoms with Crippen molar-refractivity contribution in [2.75, 3.05) is 0 Å². The smallest absolute Gasteiger partial charge is 0.263 e. The van der Waals surface area contributed by atoms with Gasteiger partial charge < -0.3 is 10.1 Å². The third-order valence-corrected chi connectivity index (χ3v) is 4.18. The van der Waals surface area contributed by atoms with E-state index >= 15 is 0 Å². The molecule has 0 spiro atoms. The number of amides is 1. The molecule has 0 atom stereocenters. The van der Waals surface area contributed by atoms with E-state index in [4.69, 9.17) is 16.3 Å². The number of carbonyl (C=O) groups is 1. The van der Waals surface area contributed by atoms with Crippen molar-refractivity contribution < 1.29 is 9.53 Å². The Morgan fingerprint density at radius 3 is 2.29 bits per heavy atom. The van der Waals surface area contributed by atoms with E-state index in [1.54, 1.807) is 38.1 Å². The summed E-state index contributed by atoms with van der Waals surface area (Å²) in [4.78, 5) is 12.5. The molecular weight excluding hydrogens is 286 g/mol. The molecule has 0 aromatic heterocycles. The van der Waals surface area contributed by atoms with Crippen LogP contribution in [-0.2, 0) is 4.79 Å². The van der Waals surface area contributed by atoms with E-state index in [-0.39, 0.29) is 11.9 Å². The van der Waals surface area contributed by atoms with Crippen LogP contribution in [0.2, 0.25) is 5.02 Å². The lowest BCUT2D eigenvalue weighted by molar-refractivity contribution is -0.135. The fraction of sp³-hybridized carbons (Fsp3) is 0.588. The second-order valence-corrected chi connectivity index (χ2v) is 6.66. The topological polar surface area (TPSA) is 38.3 Å². The second-order valence-electron chi connectivity index (χ2n) is 6.23. The summed E-state index contributed by atoms with van der Waals surface area (Å²) in [6, 6.07) is 7.37. The number of hydrogen-bond acceptors (Lipinski definition) is 2. The first-order chi connectivity index (χ1) is 9.97. The van der Waals surface area contributed by atoms with Crippen LogP contribution < -0.4 is 10.1 Å². The zero-order chi connectivity index (χ0) is 15.3. The second kappa shape index (κ2) is 7.17. The highest BCUT2D eigenvalue weighted by molar-refractivity contribution is 6.30. The Kier molecular flexibility index (Phi) is 5.51. The van der Waals surface area contributed by atoms with Crippen molar-refractivity contribution in [3.8, 4) is 5.75 Å². The first kappa shape index (κ1) is 16.2. The van der Waals surface area contributed by atoms with Crippen LogP contribution in [0.5, 0.6) is 5.75 Å². The summed E-state index contributed by atoms with van der Waals surface area (Å²) in [6.45, 7) is 3.60. The molecule has 116 valence electrons. The third kappa shape index (κ3) is 4.92. The molecule has 0 bridgehead atoms. The van der Waals surface area contributed by atoms with Crippen molar-refractivity contribution in [3.05, 3.63) is 29.3 Å². The van der Waals surface area contributed by atoms with Gasteiger partial charge in [-0.2, -0.15) is 0 Å². The lowest BCUT2D eigenvalue weighted by Crippen LogP contribution is -2.50. The predicted octanol–water partition coefficient (Wildman–Crippen LogP) is 4.34. The van der Waals surface area contributed by atoms with E-state index in [0.717, 1.165) is 12.8 Å². The van der Waals surface area contributed by atoms with Gasteiger partial charge in [0.15, 0.2) is 5.60 Å². The summed E-state index contributed by atoms with van der Waals surface area (Å²) < 4.78 is 5.82. The number of benzene rings is 1. The Morgan fingerprint density at radius 2 is 1.71 bits per heavy atom. The summed E-state index contributed by atoms with van der Waals surface area (Å²) in [5.74, 6) is 0.602. The van der Waals surface area contributed by atoms with Gasteiger partial charge in [0.25, 0.3) is 5.91 Å². The van der Waals surface area contributed by atoms with Gasteiger partial charge in [0.2, 0.25) is 0 Å². The largest absolute Gasteiger partial charge is 0.478 e. The van der Waals surface area contributed by atoms with Crippen LogP contribution in [0.3, 0.4) is 0 Å². The number of carbonyl (C=O) groups excluding carboxylic acids is 1. The van der Waals surface area contributed by atoms with Crippen molar-refractivity contribution in [1.82, 2.24) is 5.32 Å². The van der Waals surface area contributed by atoms with Crippen molar-refractivity contribution in [3.63, 3.8) is 0 Å². The van der Waals surface area contributed by atoms with Crippen molar-refractivity contribution in [2.24, 2.45) is 0 Å². The molecule has 0 radical (unpaired) electrons. The molecule has 21 heavy (non-hydrogen) atoms. The van der Waals surface area contributed by atoms with Crippen molar-refractivity contribution in [1.29, 1.82) is 0 Å². The molecule has 1 aromatic carbocycles. The van der Waals surface area contributed by atoms with Gasteiger partial charge in [-0.25, -0.2) is 0 Å². The highest BCUT2D eigenvalue weighted by Crippen LogP contribution is 2.22. The molecule has 0 aliphatic heterocycles. The van der Waals surface area contributed by atoms with E-state index in [9.17, 15) is 4.79 Å². The third-order valence-electron chi connectivity index (χ3n) is 3.92. The average Bonchev–Trinajstić information content (AvgIpc) is 2.70. The molecule has 0 unspecified atom stereocenters. The maximum Gasteiger partial charge on any atom is 0.263 e. The number of ether oxygens (including phenoxy) is 1. The lowest BCUT2D eigenvalue weighted by atomic mass is 10.0. The van der Waals surface area contributed by atoms with Crippen LogP contribution in [-0.4, -0.2) is 17.6 Å². The fourth-order valence-electron chi connectivity index (χ4n) is 2.63. The Balaban J connectivity index is 1.93. The molecule has 1 aromatic rings. The standard InChI is InChI=1S/C17H24ClNO2/c1-17(2,21-15-11-9-13(18)10-12-15)16(20)19-14-7-5-3-4-6-8-14/h9-12,14H,3-8H2,1-2H3,(H,19,20). The van der Waals surface area contributed by atoms with Crippen LogP contribution in [0.4, 0.5) is 0 Å². The highest BCUT2D eigenvalue weighted by Gasteiger charge is 2.31. The van der Waals surface area contributed by atoms with Gasteiger partial charge in [-0.3, -0.25) is 4.79 Å². The molecule has 2 rings (SSSR count). The first-order valence-electron chi connectivity index (χ1n) is 7.73. The summed E-state index contributed by atoms with van der Waals surface area (Å²) >= 11 is 5.85. The average molecular weight is 310 g/mol. The first-order valence-corrected chi connectivity index (χ1v) is 8.11. The molecule has 1 N–H and O–H groups in total. The quantitative estimate of drug-likeness (QED) is 0.840. The number of nitrogens with one attached hydrogen (secondary N) is 1. The summed E-state index contributed by atoms with van der Waals surface area (Å²) in [5.41, 5.74) is -0.889. The molecule has 4 heteroatoms. The maximum atomic E-state index is 12.5. The van der Waals surface area contributed by atoms with Gasteiger partial charge in [0.1, 0.15) is 5.75 Å². The van der Waals surface area contributed by atoms with Crippen molar-refractivity contribution in [2.45, 2.75) is 64.0 Å². The normalized spacial score (nSPS) is 17.1. The molecule has 1 aliphatic carbocycles. The van der Waals surface area contributed by atoms with Crippen molar-refractivity contribution >= 4 is 17.5 Å². The van der Waals surface area contributed by atoms with Gasteiger partial charge in [0, 0.05) is 11.1 Å². The molecular formula is C17H24ClNO2. The fourth-order valence-corrected chi connectivity index (χ4v) is 2.75. The number of rotatable bonds is 4. The molecule has 0 heterocycles. The van der Waals surface area contributed by atoms with E-state index in [1.165, 1.54) is 25.7 Å². The van der Waals surface area contributed by atoms with Gasteiger partial charge in [-0.1, -0.05) is 37.3 Å². The highest BCUT2D eigenvalue weighted by atomic mass is 35.5. The predicted molar refractivity (Wildman–Crippen MR) is 85.8 cm³/mol. The SMILES string of the molecule is CC(C)(Oc1ccc(Cl)cc1)C(=O)NC1CCCCCC1. The van der Waals surface area contributed by atoms with Gasteiger partial charge in [0.05, 0.1) is 0 Å². The zero-order valence-electron chi connectivity index (χ0n) is 12.8. The van der Waals surface area contributed by atoms with Crippen LogP contribution in [0.25, 0.3) is 0 Å². The van der Waals surface area contributed by atoms with Gasteiger partial charge in [-0.05, 0) is 51.0 Å². The summed E-state index contributed by atoms with van der Waals surface area (Å²) in [5, 5.41) is 3.80. The van der Waals surface area contributed by atoms with E-state index < -0.39 is 5.60 Å².